The molecule has 2 amide bonds. The normalized spacial score (nSPS) is 31.0. The minimum Gasteiger partial charge on any atom is -0.348 e. The van der Waals surface area contributed by atoms with Gasteiger partial charge in [0.05, 0.1) is 12.5 Å². The fourth-order valence-electron chi connectivity index (χ4n) is 6.09. The molecule has 2 aromatic rings. The van der Waals surface area contributed by atoms with Gasteiger partial charge >= 0.3 is 0 Å². The Kier molecular flexibility index (Phi) is 3.33. The van der Waals surface area contributed by atoms with Gasteiger partial charge in [0.15, 0.2) is 0 Å². The fraction of sp³-hybridized carbons (Fsp3) is 0.455. The van der Waals surface area contributed by atoms with Gasteiger partial charge in [0, 0.05) is 42.3 Å². The molecule has 6 heteroatoms. The van der Waals surface area contributed by atoms with Crippen molar-refractivity contribution in [2.24, 2.45) is 5.92 Å². The molecule has 4 aliphatic heterocycles. The second-order valence-electron chi connectivity index (χ2n) is 8.50. The van der Waals surface area contributed by atoms with Gasteiger partial charge in [0.2, 0.25) is 11.8 Å². The van der Waals surface area contributed by atoms with Crippen LogP contribution in [0.15, 0.2) is 42.6 Å². The van der Waals surface area contributed by atoms with Gasteiger partial charge in [-0.2, -0.15) is 0 Å². The van der Waals surface area contributed by atoms with Crippen molar-refractivity contribution in [2.45, 2.75) is 43.9 Å². The Morgan fingerprint density at radius 1 is 1.11 bits per heavy atom. The molecule has 0 radical (unpaired) electrons. The second-order valence-corrected chi connectivity index (χ2v) is 8.50. The lowest BCUT2D eigenvalue weighted by Gasteiger charge is -2.39. The summed E-state index contributed by atoms with van der Waals surface area (Å²) in [6.45, 7) is 3.05. The predicted molar refractivity (Wildman–Crippen MR) is 104 cm³/mol. The van der Waals surface area contributed by atoms with Gasteiger partial charge in [-0.1, -0.05) is 18.2 Å². The Morgan fingerprint density at radius 3 is 2.93 bits per heavy atom. The average Bonchev–Trinajstić information content (AvgIpc) is 3.46. The second kappa shape index (κ2) is 5.70. The van der Waals surface area contributed by atoms with Crippen LogP contribution in [0.1, 0.15) is 30.5 Å². The first-order chi connectivity index (χ1) is 13.7. The molecule has 5 heterocycles. The molecule has 6 rings (SSSR count). The van der Waals surface area contributed by atoms with Crippen LogP contribution in [-0.4, -0.2) is 45.3 Å². The molecule has 0 bridgehead atoms. The smallest absolute Gasteiger partial charge is 0.250 e. The molecule has 1 N–H and O–H groups in total. The third-order valence-electron chi connectivity index (χ3n) is 7.27. The van der Waals surface area contributed by atoms with Gasteiger partial charge in [-0.3, -0.25) is 14.5 Å². The quantitative estimate of drug-likeness (QED) is 0.830. The van der Waals surface area contributed by atoms with E-state index >= 15 is 0 Å². The van der Waals surface area contributed by atoms with Crippen LogP contribution in [0.25, 0.3) is 0 Å². The van der Waals surface area contributed by atoms with E-state index in [1.807, 2.05) is 35.2 Å². The number of hydrogen-bond donors (Lipinski definition) is 1. The van der Waals surface area contributed by atoms with Crippen molar-refractivity contribution in [2.75, 3.05) is 18.4 Å². The van der Waals surface area contributed by atoms with E-state index in [-0.39, 0.29) is 17.7 Å². The van der Waals surface area contributed by atoms with Crippen LogP contribution in [0, 0.1) is 5.92 Å². The fourth-order valence-corrected chi connectivity index (χ4v) is 6.09. The number of carbonyl (C=O) groups excluding carboxylic acids is 2. The molecule has 1 aromatic carbocycles. The number of nitrogens with zero attached hydrogens (tertiary/aromatic N) is 3. The molecule has 0 unspecified atom stereocenters. The van der Waals surface area contributed by atoms with Gasteiger partial charge in [-0.25, -0.2) is 0 Å². The lowest BCUT2D eigenvalue weighted by atomic mass is 9.78. The Bertz CT molecular complexity index is 982. The largest absolute Gasteiger partial charge is 0.348 e. The van der Waals surface area contributed by atoms with E-state index in [0.717, 1.165) is 43.6 Å². The van der Waals surface area contributed by atoms with E-state index < -0.39 is 5.54 Å². The Morgan fingerprint density at radius 2 is 2.00 bits per heavy atom. The van der Waals surface area contributed by atoms with Crippen LogP contribution in [0.4, 0.5) is 5.69 Å². The standard InChI is InChI=1S/C22H24N4O2/c27-20(25-12-11-24-9-3-6-16(24)14-25)18-13-15-5-4-10-26(15)22(18)17-7-1-2-8-19(17)23-21(22)28/h1-3,6-9,15,18H,4-5,10-14H2,(H,23,28)/t15-,18+,22+/m1/s1. The van der Waals surface area contributed by atoms with Crippen molar-refractivity contribution in [3.63, 3.8) is 0 Å². The lowest BCUT2D eigenvalue weighted by Crippen LogP contribution is -2.55. The number of anilines is 1. The van der Waals surface area contributed by atoms with Crippen molar-refractivity contribution >= 4 is 17.5 Å². The summed E-state index contributed by atoms with van der Waals surface area (Å²) in [6.07, 6.45) is 5.02. The van der Waals surface area contributed by atoms with Gasteiger partial charge < -0.3 is 14.8 Å². The zero-order valence-electron chi connectivity index (χ0n) is 15.8. The van der Waals surface area contributed by atoms with E-state index in [2.05, 4.69) is 27.0 Å². The van der Waals surface area contributed by atoms with Crippen LogP contribution in [0.3, 0.4) is 0 Å². The number of nitrogens with one attached hydrogen (secondary N) is 1. The highest BCUT2D eigenvalue weighted by Crippen LogP contribution is 2.55. The molecular formula is C22H24N4O2. The summed E-state index contributed by atoms with van der Waals surface area (Å²) in [5.74, 6) is -0.200. The molecule has 144 valence electrons. The number of rotatable bonds is 1. The van der Waals surface area contributed by atoms with Crippen molar-refractivity contribution in [3.05, 3.63) is 53.9 Å². The molecule has 2 saturated heterocycles. The Balaban J connectivity index is 1.43. The molecule has 1 spiro atoms. The minimum absolute atomic E-state index is 0.0168. The van der Waals surface area contributed by atoms with E-state index in [1.165, 1.54) is 5.69 Å². The summed E-state index contributed by atoms with van der Waals surface area (Å²) >= 11 is 0. The maximum Gasteiger partial charge on any atom is 0.250 e. The summed E-state index contributed by atoms with van der Waals surface area (Å²) in [5.41, 5.74) is 2.19. The predicted octanol–water partition coefficient (Wildman–Crippen LogP) is 2.16. The van der Waals surface area contributed by atoms with E-state index in [0.29, 0.717) is 19.1 Å². The number of benzene rings is 1. The number of hydrogen-bond acceptors (Lipinski definition) is 3. The highest BCUT2D eigenvalue weighted by Gasteiger charge is 2.65. The zero-order valence-corrected chi connectivity index (χ0v) is 15.8. The number of amides is 2. The third-order valence-corrected chi connectivity index (χ3v) is 7.27. The highest BCUT2D eigenvalue weighted by atomic mass is 16.2. The summed E-state index contributed by atoms with van der Waals surface area (Å²) in [5, 5.41) is 3.09. The molecule has 6 nitrogen and oxygen atoms in total. The van der Waals surface area contributed by atoms with Gasteiger partial charge in [0.25, 0.3) is 0 Å². The van der Waals surface area contributed by atoms with E-state index in [4.69, 9.17) is 0 Å². The number of para-hydroxylation sites is 1. The molecule has 2 fully saturated rings. The van der Waals surface area contributed by atoms with Crippen LogP contribution < -0.4 is 5.32 Å². The number of aromatic nitrogens is 1. The van der Waals surface area contributed by atoms with E-state index in [9.17, 15) is 9.59 Å². The van der Waals surface area contributed by atoms with Crippen molar-refractivity contribution in [3.8, 4) is 0 Å². The van der Waals surface area contributed by atoms with Gasteiger partial charge in [-0.15, -0.1) is 0 Å². The number of fused-ring (bicyclic) bond motifs is 5. The van der Waals surface area contributed by atoms with Gasteiger partial charge in [0.1, 0.15) is 5.54 Å². The topological polar surface area (TPSA) is 57.6 Å². The highest BCUT2D eigenvalue weighted by molar-refractivity contribution is 6.09. The van der Waals surface area contributed by atoms with Gasteiger partial charge in [-0.05, 0) is 44.0 Å². The summed E-state index contributed by atoms with van der Waals surface area (Å²) in [7, 11) is 0. The summed E-state index contributed by atoms with van der Waals surface area (Å²) in [4.78, 5) is 31.5. The van der Waals surface area contributed by atoms with Crippen LogP contribution in [0.5, 0.6) is 0 Å². The lowest BCUT2D eigenvalue weighted by molar-refractivity contribution is -0.145. The molecular weight excluding hydrogens is 352 g/mol. The Hall–Kier alpha value is -2.60. The number of carbonyl (C=O) groups is 2. The molecule has 3 atom stereocenters. The molecule has 0 aliphatic carbocycles. The monoisotopic (exact) mass is 376 g/mol. The maximum absolute atomic E-state index is 13.8. The first-order valence-electron chi connectivity index (χ1n) is 10.3. The van der Waals surface area contributed by atoms with Crippen molar-refractivity contribution in [1.29, 1.82) is 0 Å². The SMILES string of the molecule is O=C([C@@H]1C[C@H]2CCCN2[C@]12C(=O)Nc1ccccc12)N1CCn2cccc2C1. The first kappa shape index (κ1) is 16.4. The molecule has 28 heavy (non-hydrogen) atoms. The zero-order chi connectivity index (χ0) is 18.9. The minimum atomic E-state index is -0.839. The molecule has 0 saturated carbocycles. The molecule has 1 aromatic heterocycles. The average molecular weight is 376 g/mol. The van der Waals surface area contributed by atoms with Crippen molar-refractivity contribution < 1.29 is 9.59 Å². The first-order valence-corrected chi connectivity index (χ1v) is 10.3. The van der Waals surface area contributed by atoms with E-state index in [1.54, 1.807) is 0 Å². The maximum atomic E-state index is 13.8. The summed E-state index contributed by atoms with van der Waals surface area (Å²) < 4.78 is 2.21. The van der Waals surface area contributed by atoms with Crippen molar-refractivity contribution in [1.82, 2.24) is 14.4 Å². The summed E-state index contributed by atoms with van der Waals surface area (Å²) in [6, 6.07) is 12.4. The van der Waals surface area contributed by atoms with Crippen LogP contribution in [-0.2, 0) is 28.2 Å². The Labute approximate surface area is 164 Å². The van der Waals surface area contributed by atoms with Crippen LogP contribution in [0.2, 0.25) is 0 Å². The molecule has 4 aliphatic rings. The van der Waals surface area contributed by atoms with Crippen LogP contribution >= 0.6 is 0 Å². The third kappa shape index (κ3) is 1.96.